The molecule has 0 aromatic heterocycles. The number of hydrogen-bond donors (Lipinski definition) is 2. The first-order chi connectivity index (χ1) is 11.4. The van der Waals surface area contributed by atoms with Gasteiger partial charge in [0.2, 0.25) is 0 Å². The van der Waals surface area contributed by atoms with Crippen LogP contribution in [-0.2, 0) is 4.79 Å². The SMILES string of the molecule is CCCCCCCCCCCCNCCCC(C(=O)O)[N+](C)(C)C. The predicted molar refractivity (Wildman–Crippen MR) is 103 cm³/mol. The number of quaternary nitrogens is 1. The van der Waals surface area contributed by atoms with Gasteiger partial charge in [0, 0.05) is 6.42 Å². The van der Waals surface area contributed by atoms with Crippen LogP contribution in [0, 0.1) is 0 Å². The Balaban J connectivity index is 3.35. The van der Waals surface area contributed by atoms with E-state index in [1.54, 1.807) is 0 Å². The number of carbonyl (C=O) groups is 1. The summed E-state index contributed by atoms with van der Waals surface area (Å²) in [5, 5.41) is 12.7. The molecule has 1 atom stereocenters. The van der Waals surface area contributed by atoms with E-state index in [4.69, 9.17) is 0 Å². The molecule has 0 heterocycles. The van der Waals surface area contributed by atoms with Crippen LogP contribution < -0.4 is 5.32 Å². The summed E-state index contributed by atoms with van der Waals surface area (Å²) in [6.07, 6.45) is 15.4. The Kier molecular flexibility index (Phi) is 14.3. The number of unbranched alkanes of at least 4 members (excludes halogenated alkanes) is 9. The number of aliphatic carboxylic acids is 1. The van der Waals surface area contributed by atoms with Gasteiger partial charge in [0.25, 0.3) is 0 Å². The minimum Gasteiger partial charge on any atom is -0.477 e. The van der Waals surface area contributed by atoms with Gasteiger partial charge in [-0.3, -0.25) is 0 Å². The molecule has 0 aliphatic rings. The van der Waals surface area contributed by atoms with Crippen LogP contribution in [0.3, 0.4) is 0 Å². The first-order valence-electron chi connectivity index (χ1n) is 10.1. The van der Waals surface area contributed by atoms with E-state index in [9.17, 15) is 9.90 Å². The molecule has 0 aromatic rings. The van der Waals surface area contributed by atoms with Crippen molar-refractivity contribution in [1.29, 1.82) is 0 Å². The molecule has 24 heavy (non-hydrogen) atoms. The smallest absolute Gasteiger partial charge is 0.362 e. The second kappa shape index (κ2) is 14.7. The van der Waals surface area contributed by atoms with Gasteiger partial charge in [-0.2, -0.15) is 0 Å². The Bertz CT molecular complexity index is 301. The molecular weight excluding hydrogens is 300 g/mol. The van der Waals surface area contributed by atoms with Gasteiger partial charge in [0.05, 0.1) is 21.1 Å². The van der Waals surface area contributed by atoms with Gasteiger partial charge < -0.3 is 14.9 Å². The molecule has 0 saturated heterocycles. The van der Waals surface area contributed by atoms with Crippen molar-refractivity contribution in [2.75, 3.05) is 34.2 Å². The molecule has 0 aliphatic heterocycles. The Morgan fingerprint density at radius 2 is 1.29 bits per heavy atom. The average Bonchev–Trinajstić information content (AvgIpc) is 2.49. The van der Waals surface area contributed by atoms with Crippen LogP contribution in [-0.4, -0.2) is 55.8 Å². The van der Waals surface area contributed by atoms with Crippen LogP contribution in [0.1, 0.15) is 84.0 Å². The topological polar surface area (TPSA) is 49.3 Å². The lowest BCUT2D eigenvalue weighted by Crippen LogP contribution is -2.50. The minimum atomic E-state index is -0.683. The van der Waals surface area contributed by atoms with Crippen LogP contribution in [0.25, 0.3) is 0 Å². The fourth-order valence-corrected chi connectivity index (χ4v) is 3.12. The van der Waals surface area contributed by atoms with Crippen LogP contribution in [0.15, 0.2) is 0 Å². The molecule has 0 spiro atoms. The van der Waals surface area contributed by atoms with Crippen LogP contribution >= 0.6 is 0 Å². The van der Waals surface area contributed by atoms with Gasteiger partial charge in [0.15, 0.2) is 6.04 Å². The second-order valence-corrected chi connectivity index (χ2v) is 8.04. The van der Waals surface area contributed by atoms with Gasteiger partial charge in [-0.25, -0.2) is 4.79 Å². The number of likely N-dealkylation sites (N-methyl/N-ethyl adjacent to an activating group) is 1. The minimum absolute atomic E-state index is 0.302. The number of carboxylic acids is 1. The van der Waals surface area contributed by atoms with E-state index in [2.05, 4.69) is 12.2 Å². The van der Waals surface area contributed by atoms with Crippen molar-refractivity contribution in [2.24, 2.45) is 0 Å². The maximum atomic E-state index is 11.3. The van der Waals surface area contributed by atoms with E-state index in [0.717, 1.165) is 25.9 Å². The lowest BCUT2D eigenvalue weighted by molar-refractivity contribution is -0.887. The fourth-order valence-electron chi connectivity index (χ4n) is 3.12. The number of carboxylic acid groups (broad SMARTS) is 1. The Hall–Kier alpha value is -0.610. The van der Waals surface area contributed by atoms with E-state index in [-0.39, 0.29) is 6.04 Å². The van der Waals surface area contributed by atoms with Gasteiger partial charge >= 0.3 is 5.97 Å². The Morgan fingerprint density at radius 1 is 0.833 bits per heavy atom. The zero-order valence-electron chi connectivity index (χ0n) is 16.8. The van der Waals surface area contributed by atoms with Crippen molar-refractivity contribution in [1.82, 2.24) is 5.32 Å². The molecule has 0 aliphatic carbocycles. The van der Waals surface area contributed by atoms with E-state index >= 15 is 0 Å². The zero-order chi connectivity index (χ0) is 18.3. The van der Waals surface area contributed by atoms with Gasteiger partial charge in [-0.1, -0.05) is 64.7 Å². The fraction of sp³-hybridized carbons (Fsp3) is 0.950. The summed E-state index contributed by atoms with van der Waals surface area (Å²) in [4.78, 5) is 11.3. The van der Waals surface area contributed by atoms with Crippen molar-refractivity contribution in [3.05, 3.63) is 0 Å². The molecule has 0 fully saturated rings. The molecule has 0 amide bonds. The molecule has 0 saturated carbocycles. The van der Waals surface area contributed by atoms with Crippen LogP contribution in [0.5, 0.6) is 0 Å². The van der Waals surface area contributed by atoms with E-state index in [1.165, 1.54) is 64.2 Å². The summed E-state index contributed by atoms with van der Waals surface area (Å²) in [5.41, 5.74) is 0. The Labute approximate surface area is 150 Å². The Morgan fingerprint density at radius 3 is 1.75 bits per heavy atom. The molecule has 4 nitrogen and oxygen atoms in total. The lowest BCUT2D eigenvalue weighted by Gasteiger charge is -2.31. The number of nitrogens with zero attached hydrogens (tertiary/aromatic N) is 1. The highest BCUT2D eigenvalue weighted by molar-refractivity contribution is 5.72. The molecule has 4 heteroatoms. The molecule has 2 N–H and O–H groups in total. The average molecular weight is 344 g/mol. The van der Waals surface area contributed by atoms with Crippen LogP contribution in [0.2, 0.25) is 0 Å². The van der Waals surface area contributed by atoms with Crippen molar-refractivity contribution in [3.8, 4) is 0 Å². The van der Waals surface area contributed by atoms with Crippen molar-refractivity contribution >= 4 is 5.97 Å². The summed E-state index contributed by atoms with van der Waals surface area (Å²) in [6.45, 7) is 4.27. The molecule has 0 bridgehead atoms. The van der Waals surface area contributed by atoms with E-state index in [1.807, 2.05) is 21.1 Å². The highest BCUT2D eigenvalue weighted by Crippen LogP contribution is 2.11. The molecular formula is C20H43N2O2+. The highest BCUT2D eigenvalue weighted by atomic mass is 16.4. The highest BCUT2D eigenvalue weighted by Gasteiger charge is 2.30. The van der Waals surface area contributed by atoms with Crippen LogP contribution in [0.4, 0.5) is 0 Å². The summed E-state index contributed by atoms with van der Waals surface area (Å²) >= 11 is 0. The predicted octanol–water partition coefficient (Wildman–Crippen LogP) is 4.44. The third-order valence-electron chi connectivity index (χ3n) is 4.76. The maximum absolute atomic E-state index is 11.3. The number of hydrogen-bond acceptors (Lipinski definition) is 2. The third-order valence-corrected chi connectivity index (χ3v) is 4.76. The summed E-state index contributed by atoms with van der Waals surface area (Å²) in [6, 6.07) is -0.302. The maximum Gasteiger partial charge on any atom is 0.362 e. The number of rotatable bonds is 17. The van der Waals surface area contributed by atoms with Crippen molar-refractivity contribution in [2.45, 2.75) is 90.0 Å². The van der Waals surface area contributed by atoms with E-state index < -0.39 is 5.97 Å². The number of nitrogens with one attached hydrogen (secondary N) is 1. The van der Waals surface area contributed by atoms with Gasteiger partial charge in [0.1, 0.15) is 0 Å². The largest absolute Gasteiger partial charge is 0.477 e. The summed E-state index contributed by atoms with van der Waals surface area (Å²) < 4.78 is 0.494. The van der Waals surface area contributed by atoms with Crippen molar-refractivity contribution < 1.29 is 14.4 Å². The molecule has 1 unspecified atom stereocenters. The molecule has 0 aromatic carbocycles. The van der Waals surface area contributed by atoms with Crippen molar-refractivity contribution in [3.63, 3.8) is 0 Å². The lowest BCUT2D eigenvalue weighted by atomic mass is 10.1. The molecule has 0 rings (SSSR count). The summed E-state index contributed by atoms with van der Waals surface area (Å²) in [7, 11) is 5.86. The normalized spacial score (nSPS) is 13.2. The third kappa shape index (κ3) is 13.8. The quantitative estimate of drug-likeness (QED) is 0.303. The standard InChI is InChI=1S/C20H42N2O2/c1-5-6-7-8-9-10-11-12-13-14-17-21-18-15-16-19(20(23)24)22(2,3)4/h19,21H,5-18H2,1-4H3/p+1. The first kappa shape index (κ1) is 23.4. The van der Waals surface area contributed by atoms with Gasteiger partial charge in [-0.15, -0.1) is 0 Å². The molecule has 144 valence electrons. The first-order valence-corrected chi connectivity index (χ1v) is 10.1. The zero-order valence-corrected chi connectivity index (χ0v) is 16.8. The second-order valence-electron chi connectivity index (χ2n) is 8.04. The van der Waals surface area contributed by atoms with E-state index in [0.29, 0.717) is 4.48 Å². The molecule has 0 radical (unpaired) electrons. The monoisotopic (exact) mass is 343 g/mol. The summed E-state index contributed by atoms with van der Waals surface area (Å²) in [5.74, 6) is -0.683. The van der Waals surface area contributed by atoms with Gasteiger partial charge in [-0.05, 0) is 25.9 Å².